The Balaban J connectivity index is 2.25. The van der Waals surface area contributed by atoms with Crippen LogP contribution in [0.1, 0.15) is 10.6 Å². The summed E-state index contributed by atoms with van der Waals surface area (Å²) in [7, 11) is 0. The number of thiazole rings is 1. The molecule has 0 bridgehead atoms. The molecule has 0 unspecified atom stereocenters. The lowest BCUT2D eigenvalue weighted by atomic mass is 10.1. The van der Waals surface area contributed by atoms with E-state index in [1.54, 1.807) is 11.3 Å². The summed E-state index contributed by atoms with van der Waals surface area (Å²) in [5.41, 5.74) is 9.01. The average molecular weight is 218 g/mol. The van der Waals surface area contributed by atoms with E-state index in [9.17, 15) is 0 Å². The van der Waals surface area contributed by atoms with Crippen LogP contribution in [-0.2, 0) is 6.42 Å². The van der Waals surface area contributed by atoms with Gasteiger partial charge >= 0.3 is 0 Å². The van der Waals surface area contributed by atoms with Gasteiger partial charge in [-0.05, 0) is 13.5 Å². The van der Waals surface area contributed by atoms with Crippen LogP contribution in [0, 0.1) is 6.92 Å². The minimum absolute atomic E-state index is 0.668. The minimum atomic E-state index is 0.668. The summed E-state index contributed by atoms with van der Waals surface area (Å²) in [6.45, 7) is 2.76. The molecule has 2 nitrogen and oxygen atoms in total. The lowest BCUT2D eigenvalue weighted by Crippen LogP contribution is -2.01. The second-order valence-corrected chi connectivity index (χ2v) is 4.47. The fourth-order valence-corrected chi connectivity index (χ4v) is 2.23. The molecule has 1 aromatic heterocycles. The molecule has 0 saturated carbocycles. The maximum atomic E-state index is 5.50. The molecule has 0 radical (unpaired) electrons. The van der Waals surface area contributed by atoms with Crippen molar-refractivity contribution in [3.63, 3.8) is 0 Å². The average Bonchev–Trinajstić information content (AvgIpc) is 2.68. The van der Waals surface area contributed by atoms with Crippen molar-refractivity contribution in [1.82, 2.24) is 4.98 Å². The molecule has 0 saturated heterocycles. The normalized spacial score (nSPS) is 10.5. The monoisotopic (exact) mass is 218 g/mol. The van der Waals surface area contributed by atoms with Gasteiger partial charge in [0, 0.05) is 17.4 Å². The van der Waals surface area contributed by atoms with E-state index in [1.807, 2.05) is 0 Å². The van der Waals surface area contributed by atoms with Crippen molar-refractivity contribution in [1.29, 1.82) is 0 Å². The fourth-order valence-electron chi connectivity index (χ4n) is 1.41. The highest BCUT2D eigenvalue weighted by Crippen LogP contribution is 2.22. The summed E-state index contributed by atoms with van der Waals surface area (Å²) in [6, 6.07) is 8.43. The fraction of sp³-hybridized carbons (Fsp3) is 0.250. The van der Waals surface area contributed by atoms with Gasteiger partial charge in [-0.15, -0.1) is 11.3 Å². The number of aryl methyl sites for hydroxylation is 1. The number of rotatable bonds is 3. The van der Waals surface area contributed by atoms with Crippen molar-refractivity contribution in [2.24, 2.45) is 5.73 Å². The highest BCUT2D eigenvalue weighted by atomic mass is 32.1. The largest absolute Gasteiger partial charge is 0.330 e. The predicted molar refractivity (Wildman–Crippen MR) is 65.0 cm³/mol. The van der Waals surface area contributed by atoms with E-state index in [4.69, 9.17) is 5.73 Å². The Morgan fingerprint density at radius 3 is 2.67 bits per heavy atom. The Hall–Kier alpha value is -1.19. The van der Waals surface area contributed by atoms with Crippen LogP contribution in [0.15, 0.2) is 29.6 Å². The standard InChI is InChI=1S/C12H14N2S/c1-9-2-4-10(5-3-9)11-8-15-12(14-11)6-7-13/h2-5,8H,6-7,13H2,1H3. The van der Waals surface area contributed by atoms with Crippen LogP contribution in [0.3, 0.4) is 0 Å². The van der Waals surface area contributed by atoms with Gasteiger partial charge in [0.15, 0.2) is 0 Å². The van der Waals surface area contributed by atoms with Crippen LogP contribution in [0.5, 0.6) is 0 Å². The number of benzene rings is 1. The van der Waals surface area contributed by atoms with Crippen molar-refractivity contribution in [3.8, 4) is 11.3 Å². The zero-order valence-corrected chi connectivity index (χ0v) is 9.55. The van der Waals surface area contributed by atoms with E-state index < -0.39 is 0 Å². The first-order chi connectivity index (χ1) is 7.29. The summed E-state index contributed by atoms with van der Waals surface area (Å²) < 4.78 is 0. The molecule has 0 aliphatic carbocycles. The van der Waals surface area contributed by atoms with Gasteiger partial charge < -0.3 is 5.73 Å². The third-order valence-corrected chi connectivity index (χ3v) is 3.17. The molecule has 1 heterocycles. The van der Waals surface area contributed by atoms with E-state index in [0.29, 0.717) is 6.54 Å². The smallest absolute Gasteiger partial charge is 0.0945 e. The first-order valence-corrected chi connectivity index (χ1v) is 5.89. The Labute approximate surface area is 93.8 Å². The molecule has 2 N–H and O–H groups in total. The number of aromatic nitrogens is 1. The van der Waals surface area contributed by atoms with Crippen LogP contribution in [0.4, 0.5) is 0 Å². The quantitative estimate of drug-likeness (QED) is 0.860. The first kappa shape index (κ1) is 10.3. The lowest BCUT2D eigenvalue weighted by molar-refractivity contribution is 0.954. The number of hydrogen-bond acceptors (Lipinski definition) is 3. The van der Waals surface area contributed by atoms with Crippen LogP contribution < -0.4 is 5.73 Å². The molecule has 0 fully saturated rings. The molecule has 1 aromatic carbocycles. The zero-order chi connectivity index (χ0) is 10.7. The van der Waals surface area contributed by atoms with Crippen LogP contribution in [0.2, 0.25) is 0 Å². The van der Waals surface area contributed by atoms with Gasteiger partial charge in [-0.3, -0.25) is 0 Å². The van der Waals surface area contributed by atoms with E-state index in [-0.39, 0.29) is 0 Å². The molecule has 0 aliphatic rings. The highest BCUT2D eigenvalue weighted by Gasteiger charge is 2.03. The van der Waals surface area contributed by atoms with Crippen molar-refractivity contribution >= 4 is 11.3 Å². The summed E-state index contributed by atoms with van der Waals surface area (Å²) in [5, 5.41) is 3.21. The molecular formula is C12H14N2S. The summed E-state index contributed by atoms with van der Waals surface area (Å²) in [4.78, 5) is 4.54. The van der Waals surface area contributed by atoms with E-state index >= 15 is 0 Å². The van der Waals surface area contributed by atoms with Gasteiger partial charge in [-0.2, -0.15) is 0 Å². The topological polar surface area (TPSA) is 38.9 Å². The third-order valence-electron chi connectivity index (χ3n) is 2.26. The lowest BCUT2D eigenvalue weighted by Gasteiger charge is -1.96. The Morgan fingerprint density at radius 2 is 2.00 bits per heavy atom. The Bertz CT molecular complexity index is 431. The van der Waals surface area contributed by atoms with Gasteiger partial charge in [0.1, 0.15) is 0 Å². The maximum Gasteiger partial charge on any atom is 0.0945 e. The van der Waals surface area contributed by atoms with Gasteiger partial charge in [0.2, 0.25) is 0 Å². The van der Waals surface area contributed by atoms with E-state index in [0.717, 1.165) is 17.1 Å². The first-order valence-electron chi connectivity index (χ1n) is 5.01. The molecule has 2 aromatic rings. The molecule has 15 heavy (non-hydrogen) atoms. The van der Waals surface area contributed by atoms with Crippen molar-refractivity contribution in [3.05, 3.63) is 40.2 Å². The summed E-state index contributed by atoms with van der Waals surface area (Å²) in [5.74, 6) is 0. The Morgan fingerprint density at radius 1 is 1.27 bits per heavy atom. The number of nitrogens with two attached hydrogens (primary N) is 1. The number of nitrogens with zero attached hydrogens (tertiary/aromatic N) is 1. The second-order valence-electron chi connectivity index (χ2n) is 3.53. The van der Waals surface area contributed by atoms with Crippen molar-refractivity contribution in [2.45, 2.75) is 13.3 Å². The molecule has 3 heteroatoms. The van der Waals surface area contributed by atoms with Crippen LogP contribution in [0.25, 0.3) is 11.3 Å². The predicted octanol–water partition coefficient (Wildman–Crippen LogP) is 2.62. The van der Waals surface area contributed by atoms with Crippen molar-refractivity contribution < 1.29 is 0 Å². The van der Waals surface area contributed by atoms with Gasteiger partial charge in [-0.25, -0.2) is 4.98 Å². The van der Waals surface area contributed by atoms with E-state index in [2.05, 4.69) is 41.6 Å². The number of hydrogen-bond donors (Lipinski definition) is 1. The second kappa shape index (κ2) is 4.55. The van der Waals surface area contributed by atoms with Gasteiger partial charge in [-0.1, -0.05) is 29.8 Å². The molecule has 0 atom stereocenters. The summed E-state index contributed by atoms with van der Waals surface area (Å²) in [6.07, 6.45) is 0.872. The molecular weight excluding hydrogens is 204 g/mol. The molecule has 0 aliphatic heterocycles. The van der Waals surface area contributed by atoms with Gasteiger partial charge in [0.25, 0.3) is 0 Å². The van der Waals surface area contributed by atoms with Crippen LogP contribution in [-0.4, -0.2) is 11.5 Å². The molecule has 2 rings (SSSR count). The maximum absolute atomic E-state index is 5.50. The molecule has 0 spiro atoms. The Kier molecular flexibility index (Phi) is 3.14. The minimum Gasteiger partial charge on any atom is -0.330 e. The SMILES string of the molecule is Cc1ccc(-c2csc(CCN)n2)cc1. The molecule has 0 amide bonds. The van der Waals surface area contributed by atoms with Crippen LogP contribution >= 0.6 is 11.3 Å². The zero-order valence-electron chi connectivity index (χ0n) is 8.73. The van der Waals surface area contributed by atoms with Gasteiger partial charge in [0.05, 0.1) is 10.7 Å². The summed E-state index contributed by atoms with van der Waals surface area (Å²) >= 11 is 1.68. The third kappa shape index (κ3) is 2.43. The molecule has 78 valence electrons. The van der Waals surface area contributed by atoms with E-state index in [1.165, 1.54) is 11.1 Å². The van der Waals surface area contributed by atoms with Crippen molar-refractivity contribution in [2.75, 3.05) is 6.54 Å². The highest BCUT2D eigenvalue weighted by molar-refractivity contribution is 7.09.